The van der Waals surface area contributed by atoms with Crippen molar-refractivity contribution in [2.24, 2.45) is 0 Å². The fraction of sp³-hybridized carbons (Fsp3) is 0.0141. The Morgan fingerprint density at radius 3 is 1.76 bits per heavy atom. The molecule has 0 spiro atoms. The summed E-state index contributed by atoms with van der Waals surface area (Å²) in [5.41, 5.74) is 16.8. The van der Waals surface area contributed by atoms with Gasteiger partial charge in [-0.3, -0.25) is 0 Å². The van der Waals surface area contributed by atoms with E-state index in [1.807, 2.05) is 30.3 Å². The van der Waals surface area contributed by atoms with E-state index < -0.39 is 5.41 Å². The third kappa shape index (κ3) is 6.89. The molecule has 1 unspecified atom stereocenters. The van der Waals surface area contributed by atoms with Crippen molar-refractivity contribution in [1.82, 2.24) is 4.57 Å². The Labute approximate surface area is 430 Å². The summed E-state index contributed by atoms with van der Waals surface area (Å²) in [6.45, 7) is 3.92. The normalized spacial score (nSPS) is 13.8. The summed E-state index contributed by atoms with van der Waals surface area (Å²) in [4.78, 5) is 2.45. The van der Waals surface area contributed by atoms with Crippen LogP contribution >= 0.6 is 0 Å². The van der Waals surface area contributed by atoms with E-state index in [2.05, 4.69) is 265 Å². The zero-order valence-electron chi connectivity index (χ0n) is 40.6. The minimum atomic E-state index is -0.691. The summed E-state index contributed by atoms with van der Waals surface area (Å²) in [5, 5.41) is 7.26. The van der Waals surface area contributed by atoms with E-state index in [0.717, 1.165) is 50.9 Å². The summed E-state index contributed by atoms with van der Waals surface area (Å²) in [7, 11) is 0. The SMILES string of the molecule is C=Cc1ccc(Oc2ccc(C3(c4cccc5ccccc45)c4ccccc4-c4ccc(N(c5ccc(-c6ccc7c(c6)c6ccccc6n7-c6ccccc6)cc5)c5cccc6ccccc56)cc43)cc2)cc1. The topological polar surface area (TPSA) is 17.4 Å². The van der Waals surface area contributed by atoms with E-state index in [4.69, 9.17) is 4.74 Å². The standard InChI is InChI=1S/C71H48N2O/c1-2-48-30-40-57(41-31-48)74-58-42-35-53(36-43-58)71(65-27-14-18-50-16-6-8-22-59(50)65)66-26-12-10-24-61(66)62-44-39-56(47-67(62)71)72(68-29-15-19-51-17-7-9-23-60(51)68)55-37-32-49(33-38-55)52-34-45-70-64(46-52)63-25-11-13-28-69(63)73(70)54-20-4-3-5-21-54/h2-47H,1H2. The number of anilines is 3. The van der Waals surface area contributed by atoms with Crippen molar-refractivity contribution in [1.29, 1.82) is 0 Å². The molecule has 0 N–H and O–H groups in total. The van der Waals surface area contributed by atoms with Gasteiger partial charge in [0.25, 0.3) is 0 Å². The molecule has 3 heteroatoms. The Morgan fingerprint density at radius 2 is 0.973 bits per heavy atom. The lowest BCUT2D eigenvalue weighted by Crippen LogP contribution is -2.29. The lowest BCUT2D eigenvalue weighted by atomic mass is 9.66. The smallest absolute Gasteiger partial charge is 0.127 e. The second-order valence-electron chi connectivity index (χ2n) is 19.3. The van der Waals surface area contributed by atoms with Gasteiger partial charge in [-0.05, 0) is 151 Å². The number of rotatable bonds is 10. The van der Waals surface area contributed by atoms with Crippen LogP contribution in [-0.4, -0.2) is 4.57 Å². The lowest BCUT2D eigenvalue weighted by molar-refractivity contribution is 0.482. The fourth-order valence-corrected chi connectivity index (χ4v) is 11.9. The third-order valence-corrected chi connectivity index (χ3v) is 15.3. The number of benzene rings is 12. The van der Waals surface area contributed by atoms with Crippen LogP contribution in [0.5, 0.6) is 11.5 Å². The molecule has 1 heterocycles. The quantitative estimate of drug-likeness (QED) is 0.136. The summed E-state index contributed by atoms with van der Waals surface area (Å²) >= 11 is 0. The zero-order valence-corrected chi connectivity index (χ0v) is 40.6. The van der Waals surface area contributed by atoms with Gasteiger partial charge in [0.15, 0.2) is 0 Å². The second-order valence-corrected chi connectivity index (χ2v) is 19.3. The van der Waals surface area contributed by atoms with Crippen molar-refractivity contribution in [3.63, 3.8) is 0 Å². The Morgan fingerprint density at radius 1 is 0.392 bits per heavy atom. The summed E-state index contributed by atoms with van der Waals surface area (Å²) in [6, 6.07) is 99.4. The number of para-hydroxylation sites is 2. The predicted octanol–water partition coefficient (Wildman–Crippen LogP) is 19.0. The molecular formula is C71H48N2O. The molecular weight excluding hydrogens is 897 g/mol. The molecule has 14 rings (SSSR count). The Hall–Kier alpha value is -9.70. The molecule has 13 aromatic rings. The van der Waals surface area contributed by atoms with Crippen LogP contribution in [0.3, 0.4) is 0 Å². The molecule has 0 aliphatic heterocycles. The highest BCUT2D eigenvalue weighted by atomic mass is 16.5. The zero-order chi connectivity index (χ0) is 49.2. The number of nitrogens with zero attached hydrogens (tertiary/aromatic N) is 2. The first-order chi connectivity index (χ1) is 36.6. The number of fused-ring (bicyclic) bond motifs is 8. The van der Waals surface area contributed by atoms with Crippen LogP contribution in [0.1, 0.15) is 27.8 Å². The fourth-order valence-electron chi connectivity index (χ4n) is 11.9. The molecule has 1 aliphatic carbocycles. The number of aromatic nitrogens is 1. The Kier molecular flexibility index (Phi) is 10.2. The van der Waals surface area contributed by atoms with Crippen molar-refractivity contribution in [2.75, 3.05) is 4.90 Å². The maximum absolute atomic E-state index is 6.48. The van der Waals surface area contributed by atoms with E-state index in [0.29, 0.717) is 0 Å². The van der Waals surface area contributed by atoms with Gasteiger partial charge < -0.3 is 14.2 Å². The number of ether oxygens (including phenoxy) is 1. The molecule has 0 amide bonds. The molecule has 74 heavy (non-hydrogen) atoms. The van der Waals surface area contributed by atoms with Crippen molar-refractivity contribution < 1.29 is 4.74 Å². The summed E-state index contributed by atoms with van der Waals surface area (Å²) in [6.07, 6.45) is 1.85. The van der Waals surface area contributed by atoms with Gasteiger partial charge in [-0.1, -0.05) is 201 Å². The highest BCUT2D eigenvalue weighted by Crippen LogP contribution is 2.59. The van der Waals surface area contributed by atoms with Crippen LogP contribution < -0.4 is 9.64 Å². The maximum Gasteiger partial charge on any atom is 0.127 e. The van der Waals surface area contributed by atoms with Crippen molar-refractivity contribution in [3.8, 4) is 39.4 Å². The van der Waals surface area contributed by atoms with E-state index in [1.54, 1.807) is 0 Å². The molecule has 12 aromatic carbocycles. The van der Waals surface area contributed by atoms with E-state index >= 15 is 0 Å². The third-order valence-electron chi connectivity index (χ3n) is 15.3. The van der Waals surface area contributed by atoms with Crippen LogP contribution in [-0.2, 0) is 5.41 Å². The molecule has 1 aliphatic rings. The average Bonchev–Trinajstić information content (AvgIpc) is 3.99. The minimum absolute atomic E-state index is 0.691. The van der Waals surface area contributed by atoms with Crippen molar-refractivity contribution in [2.45, 2.75) is 5.41 Å². The largest absolute Gasteiger partial charge is 0.457 e. The summed E-state index contributed by atoms with van der Waals surface area (Å²) in [5.74, 6) is 1.56. The summed E-state index contributed by atoms with van der Waals surface area (Å²) < 4.78 is 8.85. The van der Waals surface area contributed by atoms with Gasteiger partial charge in [-0.25, -0.2) is 0 Å². The maximum atomic E-state index is 6.48. The second kappa shape index (κ2) is 17.6. The first-order valence-corrected chi connectivity index (χ1v) is 25.3. The molecule has 0 radical (unpaired) electrons. The van der Waals surface area contributed by atoms with Gasteiger partial charge in [0.2, 0.25) is 0 Å². The molecule has 0 saturated heterocycles. The van der Waals surface area contributed by atoms with Gasteiger partial charge in [0.05, 0.1) is 22.1 Å². The van der Waals surface area contributed by atoms with Crippen molar-refractivity contribution >= 4 is 66.5 Å². The highest BCUT2D eigenvalue weighted by Gasteiger charge is 2.47. The predicted molar refractivity (Wildman–Crippen MR) is 310 cm³/mol. The molecule has 3 nitrogen and oxygen atoms in total. The van der Waals surface area contributed by atoms with Crippen LogP contribution in [0, 0.1) is 0 Å². The molecule has 0 saturated carbocycles. The highest BCUT2D eigenvalue weighted by molar-refractivity contribution is 6.10. The van der Waals surface area contributed by atoms with Crippen LogP contribution in [0.4, 0.5) is 17.1 Å². The van der Waals surface area contributed by atoms with E-state index in [9.17, 15) is 0 Å². The molecule has 1 atom stereocenters. The van der Waals surface area contributed by atoms with E-state index in [1.165, 1.54) is 76.7 Å². The Balaban J connectivity index is 0.947. The van der Waals surface area contributed by atoms with Crippen molar-refractivity contribution in [3.05, 3.63) is 307 Å². The van der Waals surface area contributed by atoms with Gasteiger partial charge in [0, 0.05) is 33.2 Å². The molecule has 0 fully saturated rings. The molecule has 348 valence electrons. The average molecular weight is 945 g/mol. The van der Waals surface area contributed by atoms with Crippen LogP contribution in [0.15, 0.2) is 280 Å². The van der Waals surface area contributed by atoms with Gasteiger partial charge >= 0.3 is 0 Å². The molecule has 1 aromatic heterocycles. The number of hydrogen-bond donors (Lipinski definition) is 0. The van der Waals surface area contributed by atoms with Crippen LogP contribution in [0.25, 0.3) is 77.4 Å². The first-order valence-electron chi connectivity index (χ1n) is 25.3. The van der Waals surface area contributed by atoms with Gasteiger partial charge in [-0.2, -0.15) is 0 Å². The Bertz CT molecular complexity index is 4270. The van der Waals surface area contributed by atoms with Crippen LogP contribution in [0.2, 0.25) is 0 Å². The first kappa shape index (κ1) is 43.1. The van der Waals surface area contributed by atoms with E-state index in [-0.39, 0.29) is 0 Å². The minimum Gasteiger partial charge on any atom is -0.457 e. The lowest BCUT2D eigenvalue weighted by Gasteiger charge is -2.36. The van der Waals surface area contributed by atoms with Gasteiger partial charge in [0.1, 0.15) is 11.5 Å². The number of hydrogen-bond acceptors (Lipinski definition) is 2. The van der Waals surface area contributed by atoms with Gasteiger partial charge in [-0.15, -0.1) is 0 Å². The molecule has 0 bridgehead atoms. The monoisotopic (exact) mass is 944 g/mol.